The van der Waals surface area contributed by atoms with E-state index in [1.165, 1.54) is 11.1 Å². The first-order chi connectivity index (χ1) is 18.7. The summed E-state index contributed by atoms with van der Waals surface area (Å²) in [5.74, 6) is 1.64. The normalized spacial score (nSPS) is 19.2. The van der Waals surface area contributed by atoms with Gasteiger partial charge in [-0.25, -0.2) is 4.98 Å². The van der Waals surface area contributed by atoms with Gasteiger partial charge in [0.05, 0.1) is 49.7 Å². The molecule has 1 unspecified atom stereocenters. The number of aromatic amines is 1. The molecule has 0 aliphatic carbocycles. The van der Waals surface area contributed by atoms with Crippen LogP contribution in [0.5, 0.6) is 0 Å². The Morgan fingerprint density at radius 2 is 1.34 bits per heavy atom. The van der Waals surface area contributed by atoms with Gasteiger partial charge < -0.3 is 30.7 Å². The van der Waals surface area contributed by atoms with Crippen molar-refractivity contribution < 1.29 is 9.47 Å². The summed E-state index contributed by atoms with van der Waals surface area (Å²) < 4.78 is 11.4. The van der Waals surface area contributed by atoms with Gasteiger partial charge in [-0.05, 0) is 42.3 Å². The summed E-state index contributed by atoms with van der Waals surface area (Å²) in [7, 11) is 0. The topological polar surface area (TPSA) is 121 Å². The number of hydrogen-bond acceptors (Lipinski definition) is 9. The molecule has 5 N–H and O–H groups in total. The Labute approximate surface area is 222 Å². The molecule has 4 aromatic rings. The van der Waals surface area contributed by atoms with Crippen molar-refractivity contribution in [3.8, 4) is 0 Å². The highest BCUT2D eigenvalue weighted by Gasteiger charge is 2.16. The Morgan fingerprint density at radius 1 is 0.737 bits per heavy atom. The predicted octanol–water partition coefficient (Wildman–Crippen LogP) is 4.00. The van der Waals surface area contributed by atoms with E-state index < -0.39 is 0 Å². The Hall–Kier alpha value is -3.83. The summed E-state index contributed by atoms with van der Waals surface area (Å²) in [5.41, 5.74) is 5.34. The van der Waals surface area contributed by atoms with Crippen LogP contribution in [-0.2, 0) is 9.47 Å². The number of nitrogens with zero attached hydrogens (tertiary/aromatic N) is 3. The molecule has 198 valence electrons. The Bertz CT molecular complexity index is 1220. The molecule has 0 bridgehead atoms. The molecule has 2 atom stereocenters. The standard InChI is InChI=1S/C15H18N4O.C13H16N4O/c1-11-8-18-15(10-17-11)19-13-4-2-12(3-5-13)14-9-16-6-7-20-14;1-3-11(16-13-5-6-15-17-13)4-2-10(1)12-9-14-7-8-18-12/h2-5,8,10,14,16H,6-7,9H2,1H3,(H,18,19);1-6,12,14H,7-9H2,(H2,15,16,17)/t14-;/m1./s1. The second kappa shape index (κ2) is 13.1. The number of H-pyrrole nitrogens is 1. The van der Waals surface area contributed by atoms with Crippen molar-refractivity contribution in [1.82, 2.24) is 30.8 Å². The molecule has 38 heavy (non-hydrogen) atoms. The number of hydrogen-bond donors (Lipinski definition) is 5. The van der Waals surface area contributed by atoms with Crippen molar-refractivity contribution in [2.75, 3.05) is 50.0 Å². The zero-order valence-corrected chi connectivity index (χ0v) is 21.5. The SMILES string of the molecule is Cc1cnc(Nc2ccc([C@H]3CNCCO3)cc2)cn1.c1cc(Nc2ccc(C3CNCCO3)cc2)[nH]n1. The highest BCUT2D eigenvalue weighted by Crippen LogP contribution is 2.23. The van der Waals surface area contributed by atoms with Crippen LogP contribution in [-0.4, -0.2) is 59.6 Å². The molecule has 4 heterocycles. The highest BCUT2D eigenvalue weighted by atomic mass is 16.5. The third-order valence-electron chi connectivity index (χ3n) is 6.25. The molecule has 0 saturated carbocycles. The van der Waals surface area contributed by atoms with Gasteiger partial charge >= 0.3 is 0 Å². The van der Waals surface area contributed by atoms with E-state index in [9.17, 15) is 0 Å². The molecule has 10 nitrogen and oxygen atoms in total. The van der Waals surface area contributed by atoms with Crippen molar-refractivity contribution in [2.45, 2.75) is 19.1 Å². The van der Waals surface area contributed by atoms with Crippen LogP contribution in [0.15, 0.2) is 73.2 Å². The smallest absolute Gasteiger partial charge is 0.148 e. The first kappa shape index (κ1) is 25.8. The number of rotatable bonds is 6. The fourth-order valence-corrected chi connectivity index (χ4v) is 4.21. The molecule has 2 aliphatic heterocycles. The second-order valence-electron chi connectivity index (χ2n) is 9.13. The zero-order chi connectivity index (χ0) is 26.0. The molecule has 10 heteroatoms. The van der Waals surface area contributed by atoms with Gasteiger partial charge in [-0.2, -0.15) is 5.10 Å². The lowest BCUT2D eigenvalue weighted by Crippen LogP contribution is -2.33. The Balaban J connectivity index is 0.000000156. The monoisotopic (exact) mass is 514 g/mol. The van der Waals surface area contributed by atoms with Gasteiger partial charge in [-0.1, -0.05) is 24.3 Å². The van der Waals surface area contributed by atoms with E-state index in [0.29, 0.717) is 0 Å². The molecule has 2 aliphatic rings. The first-order valence-electron chi connectivity index (χ1n) is 12.9. The number of aromatic nitrogens is 4. The molecule has 0 radical (unpaired) electrons. The Kier molecular flexibility index (Phi) is 8.90. The molecule has 0 spiro atoms. The van der Waals surface area contributed by atoms with Crippen LogP contribution in [0.2, 0.25) is 0 Å². The summed E-state index contributed by atoms with van der Waals surface area (Å²) in [6.45, 7) is 7.09. The van der Waals surface area contributed by atoms with E-state index in [1.807, 2.05) is 37.3 Å². The predicted molar refractivity (Wildman–Crippen MR) is 148 cm³/mol. The summed E-state index contributed by atoms with van der Waals surface area (Å²) in [6, 6.07) is 18.4. The second-order valence-corrected chi connectivity index (χ2v) is 9.13. The van der Waals surface area contributed by atoms with Crippen molar-refractivity contribution in [3.05, 3.63) is 90.0 Å². The lowest BCUT2D eigenvalue weighted by atomic mass is 10.1. The number of benzene rings is 2. The van der Waals surface area contributed by atoms with Crippen molar-refractivity contribution >= 4 is 23.0 Å². The van der Waals surface area contributed by atoms with Crippen LogP contribution in [0.4, 0.5) is 23.0 Å². The maximum atomic E-state index is 5.73. The van der Waals surface area contributed by atoms with Crippen LogP contribution in [0.1, 0.15) is 29.0 Å². The van der Waals surface area contributed by atoms with Crippen LogP contribution < -0.4 is 21.3 Å². The van der Waals surface area contributed by atoms with E-state index in [0.717, 1.165) is 68.1 Å². The van der Waals surface area contributed by atoms with Gasteiger partial charge in [0.15, 0.2) is 0 Å². The zero-order valence-electron chi connectivity index (χ0n) is 21.5. The van der Waals surface area contributed by atoms with Crippen LogP contribution in [0.25, 0.3) is 0 Å². The maximum absolute atomic E-state index is 5.73. The lowest BCUT2D eigenvalue weighted by molar-refractivity contribution is 0.0276. The van der Waals surface area contributed by atoms with E-state index in [1.54, 1.807) is 18.6 Å². The summed E-state index contributed by atoms with van der Waals surface area (Å²) in [6.07, 6.45) is 5.52. The fourth-order valence-electron chi connectivity index (χ4n) is 4.21. The number of ether oxygens (including phenoxy) is 2. The first-order valence-corrected chi connectivity index (χ1v) is 12.9. The van der Waals surface area contributed by atoms with Gasteiger partial charge in [0.1, 0.15) is 11.6 Å². The number of morpholine rings is 2. The van der Waals surface area contributed by atoms with Crippen LogP contribution in [0.3, 0.4) is 0 Å². The van der Waals surface area contributed by atoms with E-state index in [2.05, 4.69) is 65.7 Å². The molecule has 6 rings (SSSR count). The number of nitrogens with one attached hydrogen (secondary N) is 5. The molecule has 2 fully saturated rings. The molecular formula is C28H34N8O2. The summed E-state index contributed by atoms with van der Waals surface area (Å²) >= 11 is 0. The third kappa shape index (κ3) is 7.36. The maximum Gasteiger partial charge on any atom is 0.148 e. The van der Waals surface area contributed by atoms with E-state index in [4.69, 9.17) is 9.47 Å². The fraction of sp³-hybridized carbons (Fsp3) is 0.321. The highest BCUT2D eigenvalue weighted by molar-refractivity contribution is 5.56. The molecular weight excluding hydrogens is 480 g/mol. The minimum atomic E-state index is 0.150. The summed E-state index contributed by atoms with van der Waals surface area (Å²) in [5, 5.41) is 19.9. The number of aryl methyl sites for hydroxylation is 1. The van der Waals surface area contributed by atoms with Crippen LogP contribution >= 0.6 is 0 Å². The minimum absolute atomic E-state index is 0.150. The number of anilines is 4. The largest absolute Gasteiger partial charge is 0.371 e. The Morgan fingerprint density at radius 3 is 1.82 bits per heavy atom. The third-order valence-corrected chi connectivity index (χ3v) is 6.25. The average Bonchev–Trinajstić information content (AvgIpc) is 3.50. The molecule has 0 amide bonds. The van der Waals surface area contributed by atoms with Crippen molar-refractivity contribution in [1.29, 1.82) is 0 Å². The van der Waals surface area contributed by atoms with Gasteiger partial charge in [0, 0.05) is 43.6 Å². The van der Waals surface area contributed by atoms with E-state index in [-0.39, 0.29) is 12.2 Å². The molecule has 2 aromatic carbocycles. The summed E-state index contributed by atoms with van der Waals surface area (Å²) in [4.78, 5) is 8.49. The van der Waals surface area contributed by atoms with Crippen LogP contribution in [0, 0.1) is 6.92 Å². The molecule has 2 aromatic heterocycles. The van der Waals surface area contributed by atoms with Gasteiger partial charge in [-0.15, -0.1) is 0 Å². The molecule has 2 saturated heterocycles. The van der Waals surface area contributed by atoms with Gasteiger partial charge in [0.2, 0.25) is 0 Å². The minimum Gasteiger partial charge on any atom is -0.371 e. The van der Waals surface area contributed by atoms with Gasteiger partial charge in [-0.3, -0.25) is 10.1 Å². The van der Waals surface area contributed by atoms with Crippen molar-refractivity contribution in [2.24, 2.45) is 0 Å². The quantitative estimate of drug-likeness (QED) is 0.260. The average molecular weight is 515 g/mol. The van der Waals surface area contributed by atoms with Crippen molar-refractivity contribution in [3.63, 3.8) is 0 Å². The lowest BCUT2D eigenvalue weighted by Gasteiger charge is -2.24. The van der Waals surface area contributed by atoms with Gasteiger partial charge in [0.25, 0.3) is 0 Å². The van der Waals surface area contributed by atoms with E-state index >= 15 is 0 Å².